The first kappa shape index (κ1) is 13.6. The molecule has 0 radical (unpaired) electrons. The molecule has 1 heterocycles. The Morgan fingerprint density at radius 1 is 1.59 bits per heavy atom. The molecule has 0 spiro atoms. The Morgan fingerprint density at radius 2 is 2.18 bits per heavy atom. The Morgan fingerprint density at radius 3 is 2.65 bits per heavy atom. The summed E-state index contributed by atoms with van der Waals surface area (Å²) < 4.78 is 38.4. The van der Waals surface area contributed by atoms with Crippen LogP contribution in [-0.2, 0) is 6.54 Å². The standard InChI is InChI=1S/C9H10F3N3OS/c1-5-2-3-7(16)15(14-5)4-6(8(13)17)9(10,11)12/h2-3,6H,4H2,1H3,(H2,13,17). The van der Waals surface area contributed by atoms with Gasteiger partial charge in [0.15, 0.2) is 0 Å². The first-order valence-electron chi connectivity index (χ1n) is 4.62. The predicted molar refractivity (Wildman–Crippen MR) is 59.6 cm³/mol. The minimum atomic E-state index is -4.59. The minimum Gasteiger partial charge on any atom is -0.393 e. The van der Waals surface area contributed by atoms with E-state index in [1.165, 1.54) is 6.07 Å². The SMILES string of the molecule is Cc1ccc(=O)n(CC(C(N)=S)C(F)(F)F)n1. The lowest BCUT2D eigenvalue weighted by Crippen LogP contribution is -2.40. The summed E-state index contributed by atoms with van der Waals surface area (Å²) in [5, 5.41) is 3.70. The molecule has 0 aliphatic carbocycles. The summed E-state index contributed by atoms with van der Waals surface area (Å²) in [5.74, 6) is -2.05. The van der Waals surface area contributed by atoms with Crippen LogP contribution in [0, 0.1) is 12.8 Å². The largest absolute Gasteiger partial charge is 0.399 e. The molecule has 0 saturated carbocycles. The molecule has 0 amide bonds. The van der Waals surface area contributed by atoms with Gasteiger partial charge in [0.05, 0.1) is 17.2 Å². The van der Waals surface area contributed by atoms with E-state index in [2.05, 4.69) is 17.3 Å². The number of nitrogens with two attached hydrogens (primary N) is 1. The van der Waals surface area contributed by atoms with Gasteiger partial charge in [0.1, 0.15) is 5.92 Å². The van der Waals surface area contributed by atoms with E-state index in [-0.39, 0.29) is 0 Å². The second-order valence-corrected chi connectivity index (χ2v) is 3.96. The van der Waals surface area contributed by atoms with Crippen molar-refractivity contribution in [1.29, 1.82) is 0 Å². The monoisotopic (exact) mass is 265 g/mol. The molecular weight excluding hydrogens is 255 g/mol. The maximum absolute atomic E-state index is 12.6. The third-order valence-electron chi connectivity index (χ3n) is 2.09. The molecule has 2 N–H and O–H groups in total. The lowest BCUT2D eigenvalue weighted by molar-refractivity contribution is -0.158. The van der Waals surface area contributed by atoms with Gasteiger partial charge in [-0.2, -0.15) is 18.3 Å². The number of aryl methyl sites for hydroxylation is 1. The van der Waals surface area contributed by atoms with Gasteiger partial charge >= 0.3 is 6.18 Å². The molecule has 8 heteroatoms. The third kappa shape index (κ3) is 3.52. The maximum atomic E-state index is 12.6. The average Bonchev–Trinajstić information content (AvgIpc) is 2.17. The first-order valence-corrected chi connectivity index (χ1v) is 5.03. The molecule has 0 fully saturated rings. The molecule has 94 valence electrons. The molecule has 1 aromatic rings. The van der Waals surface area contributed by atoms with Gasteiger partial charge in [-0.25, -0.2) is 4.68 Å². The number of halogens is 3. The summed E-state index contributed by atoms with van der Waals surface area (Å²) in [6, 6.07) is 2.57. The van der Waals surface area contributed by atoms with E-state index in [9.17, 15) is 18.0 Å². The zero-order valence-electron chi connectivity index (χ0n) is 8.86. The van der Waals surface area contributed by atoms with Crippen LogP contribution in [0.3, 0.4) is 0 Å². The van der Waals surface area contributed by atoms with Gasteiger partial charge in [0.2, 0.25) is 0 Å². The van der Waals surface area contributed by atoms with Crippen molar-refractivity contribution in [2.75, 3.05) is 0 Å². The number of thiocarbonyl (C=S) groups is 1. The highest BCUT2D eigenvalue weighted by Crippen LogP contribution is 2.27. The molecule has 1 atom stereocenters. The maximum Gasteiger partial charge on any atom is 0.399 e. The Balaban J connectivity index is 3.06. The van der Waals surface area contributed by atoms with Crippen LogP contribution in [0.25, 0.3) is 0 Å². The van der Waals surface area contributed by atoms with Crippen molar-refractivity contribution in [3.63, 3.8) is 0 Å². The van der Waals surface area contributed by atoms with Crippen LogP contribution >= 0.6 is 12.2 Å². The average molecular weight is 265 g/mol. The van der Waals surface area contributed by atoms with Crippen LogP contribution in [0.4, 0.5) is 13.2 Å². The van der Waals surface area contributed by atoms with E-state index in [0.717, 1.165) is 6.07 Å². The summed E-state index contributed by atoms with van der Waals surface area (Å²) in [5.41, 5.74) is 4.84. The van der Waals surface area contributed by atoms with Crippen LogP contribution < -0.4 is 11.3 Å². The molecule has 0 aromatic carbocycles. The zero-order chi connectivity index (χ0) is 13.2. The normalized spacial score (nSPS) is 13.4. The fourth-order valence-electron chi connectivity index (χ4n) is 1.21. The van der Waals surface area contributed by atoms with Crippen LogP contribution in [-0.4, -0.2) is 20.9 Å². The smallest absolute Gasteiger partial charge is 0.393 e. The third-order valence-corrected chi connectivity index (χ3v) is 2.38. The summed E-state index contributed by atoms with van der Waals surface area (Å²) in [4.78, 5) is 10.6. The highest BCUT2D eigenvalue weighted by Gasteiger charge is 2.42. The topological polar surface area (TPSA) is 60.9 Å². The van der Waals surface area contributed by atoms with Crippen molar-refractivity contribution in [3.8, 4) is 0 Å². The molecule has 1 aromatic heterocycles. The van der Waals surface area contributed by atoms with Crippen molar-refractivity contribution in [3.05, 3.63) is 28.2 Å². The van der Waals surface area contributed by atoms with E-state index < -0.39 is 29.2 Å². The second-order valence-electron chi connectivity index (χ2n) is 3.49. The summed E-state index contributed by atoms with van der Waals surface area (Å²) in [7, 11) is 0. The van der Waals surface area contributed by atoms with Crippen LogP contribution in [0.2, 0.25) is 0 Å². The van der Waals surface area contributed by atoms with Crippen molar-refractivity contribution in [2.45, 2.75) is 19.6 Å². The fourth-order valence-corrected chi connectivity index (χ4v) is 1.42. The number of hydrogen-bond donors (Lipinski definition) is 1. The highest BCUT2D eigenvalue weighted by molar-refractivity contribution is 7.80. The number of rotatable bonds is 3. The second kappa shape index (κ2) is 4.82. The van der Waals surface area contributed by atoms with Gasteiger partial charge in [-0.3, -0.25) is 4.79 Å². The summed E-state index contributed by atoms with van der Waals surface area (Å²) in [6.07, 6.45) is -4.59. The van der Waals surface area contributed by atoms with Crippen LogP contribution in [0.5, 0.6) is 0 Å². The van der Waals surface area contributed by atoms with E-state index in [1.807, 2.05) is 0 Å². The molecule has 0 aliphatic heterocycles. The van der Waals surface area contributed by atoms with Gasteiger partial charge in [0, 0.05) is 6.07 Å². The molecule has 0 bridgehead atoms. The van der Waals surface area contributed by atoms with Gasteiger partial charge in [-0.15, -0.1) is 0 Å². The number of nitrogens with zero attached hydrogens (tertiary/aromatic N) is 2. The van der Waals surface area contributed by atoms with Crippen molar-refractivity contribution in [2.24, 2.45) is 11.7 Å². The Kier molecular flexibility index (Phi) is 3.87. The lowest BCUT2D eigenvalue weighted by atomic mass is 10.1. The van der Waals surface area contributed by atoms with Gasteiger partial charge in [-0.1, -0.05) is 12.2 Å². The lowest BCUT2D eigenvalue weighted by Gasteiger charge is -2.19. The summed E-state index contributed by atoms with van der Waals surface area (Å²) in [6.45, 7) is 0.874. The molecule has 1 rings (SSSR count). The first-order chi connectivity index (χ1) is 7.71. The molecule has 0 saturated heterocycles. The van der Waals surface area contributed by atoms with E-state index >= 15 is 0 Å². The molecule has 1 unspecified atom stereocenters. The number of hydrogen-bond acceptors (Lipinski definition) is 3. The van der Waals surface area contributed by atoms with E-state index in [1.54, 1.807) is 6.92 Å². The predicted octanol–water partition coefficient (Wildman–Crippen LogP) is 1.02. The molecule has 4 nitrogen and oxygen atoms in total. The number of aromatic nitrogens is 2. The zero-order valence-corrected chi connectivity index (χ0v) is 9.68. The molecule has 0 aliphatic rings. The Labute approximate surface area is 100 Å². The van der Waals surface area contributed by atoms with Crippen LogP contribution in [0.1, 0.15) is 5.69 Å². The quantitative estimate of drug-likeness (QED) is 0.829. The molecule has 17 heavy (non-hydrogen) atoms. The van der Waals surface area contributed by atoms with E-state index in [4.69, 9.17) is 5.73 Å². The fraction of sp³-hybridized carbons (Fsp3) is 0.444. The Bertz CT molecular complexity index is 483. The summed E-state index contributed by atoms with van der Waals surface area (Å²) >= 11 is 4.35. The van der Waals surface area contributed by atoms with Gasteiger partial charge in [-0.05, 0) is 13.0 Å². The van der Waals surface area contributed by atoms with Crippen molar-refractivity contribution < 1.29 is 13.2 Å². The minimum absolute atomic E-state index is 0.438. The van der Waals surface area contributed by atoms with E-state index in [0.29, 0.717) is 10.4 Å². The van der Waals surface area contributed by atoms with Gasteiger partial charge < -0.3 is 5.73 Å². The highest BCUT2D eigenvalue weighted by atomic mass is 32.1. The van der Waals surface area contributed by atoms with Gasteiger partial charge in [0.25, 0.3) is 5.56 Å². The van der Waals surface area contributed by atoms with Crippen molar-refractivity contribution >= 4 is 17.2 Å². The number of alkyl halides is 3. The van der Waals surface area contributed by atoms with Crippen LogP contribution in [0.15, 0.2) is 16.9 Å². The molecular formula is C9H10F3N3OS. The van der Waals surface area contributed by atoms with Crippen molar-refractivity contribution in [1.82, 2.24) is 9.78 Å². The Hall–Kier alpha value is -1.44.